The highest BCUT2D eigenvalue weighted by molar-refractivity contribution is 5.50. The highest BCUT2D eigenvalue weighted by atomic mass is 19.3. The van der Waals surface area contributed by atoms with Crippen LogP contribution in [0.1, 0.15) is 0 Å². The van der Waals surface area contributed by atoms with Crippen molar-refractivity contribution in [1.29, 1.82) is 0 Å². The Morgan fingerprint density at radius 3 is 2.64 bits per heavy atom. The molecule has 0 aliphatic rings. The molecule has 0 radical (unpaired) electrons. The summed E-state index contributed by atoms with van der Waals surface area (Å²) in [4.78, 5) is 12.9. The third-order valence-electron chi connectivity index (χ3n) is 1.31. The molecule has 0 bridgehead atoms. The highest BCUT2D eigenvalue weighted by Gasteiger charge is 2.09. The average Bonchev–Trinajstić information content (AvgIpc) is 2.10. The molecule has 14 heavy (non-hydrogen) atoms. The van der Waals surface area contributed by atoms with Crippen LogP contribution in [0.15, 0.2) is 23.2 Å². The second-order valence-corrected chi connectivity index (χ2v) is 2.20. The number of hydrogen-bond acceptors (Lipinski definition) is 3. The molecule has 0 aromatic heterocycles. The van der Waals surface area contributed by atoms with E-state index in [0.717, 1.165) is 18.2 Å². The molecule has 0 unspecified atom stereocenters. The Hall–Kier alpha value is -1.81. The zero-order valence-electron chi connectivity index (χ0n) is 6.71. The van der Waals surface area contributed by atoms with E-state index in [9.17, 15) is 18.0 Å². The standard InChI is InChI=1S/C8H4F3NO2/c9-6-3-5(12-4-13)1-2-7(6)14-8(10)11/h1-3,8H. The normalized spacial score (nSPS) is 9.71. The van der Waals surface area contributed by atoms with Crippen LogP contribution in [0.5, 0.6) is 5.75 Å². The number of benzene rings is 1. The SMILES string of the molecule is O=C=Nc1ccc(OC(F)F)c(F)c1. The van der Waals surface area contributed by atoms with Gasteiger partial charge in [-0.25, -0.2) is 9.18 Å². The van der Waals surface area contributed by atoms with Gasteiger partial charge in [0.1, 0.15) is 0 Å². The predicted molar refractivity (Wildman–Crippen MR) is 40.8 cm³/mol. The lowest BCUT2D eigenvalue weighted by Crippen LogP contribution is -2.03. The molecule has 0 N–H and O–H groups in total. The zero-order valence-corrected chi connectivity index (χ0v) is 6.71. The van der Waals surface area contributed by atoms with Gasteiger partial charge in [-0.15, -0.1) is 0 Å². The number of ether oxygens (including phenoxy) is 1. The Balaban J connectivity index is 2.95. The van der Waals surface area contributed by atoms with Gasteiger partial charge < -0.3 is 4.74 Å². The Morgan fingerprint density at radius 2 is 2.14 bits per heavy atom. The maximum Gasteiger partial charge on any atom is 0.387 e. The minimum atomic E-state index is -3.09. The maximum absolute atomic E-state index is 12.9. The van der Waals surface area contributed by atoms with Crippen molar-refractivity contribution in [3.8, 4) is 5.75 Å². The molecule has 0 saturated carbocycles. The molecule has 1 aromatic rings. The van der Waals surface area contributed by atoms with Gasteiger partial charge in [0.25, 0.3) is 0 Å². The molecule has 0 heterocycles. The van der Waals surface area contributed by atoms with E-state index in [4.69, 9.17) is 0 Å². The summed E-state index contributed by atoms with van der Waals surface area (Å²) >= 11 is 0. The first-order valence-corrected chi connectivity index (χ1v) is 3.45. The topological polar surface area (TPSA) is 38.7 Å². The van der Waals surface area contributed by atoms with E-state index in [1.54, 1.807) is 0 Å². The Morgan fingerprint density at radius 1 is 1.43 bits per heavy atom. The van der Waals surface area contributed by atoms with Gasteiger partial charge in [0.05, 0.1) is 5.69 Å². The third-order valence-corrected chi connectivity index (χ3v) is 1.31. The van der Waals surface area contributed by atoms with Crippen molar-refractivity contribution in [2.24, 2.45) is 4.99 Å². The fourth-order valence-electron chi connectivity index (χ4n) is 0.804. The van der Waals surface area contributed by atoms with Crippen LogP contribution in [0.4, 0.5) is 18.9 Å². The second-order valence-electron chi connectivity index (χ2n) is 2.20. The van der Waals surface area contributed by atoms with Gasteiger partial charge in [0, 0.05) is 6.07 Å². The van der Waals surface area contributed by atoms with Crippen molar-refractivity contribution >= 4 is 11.8 Å². The summed E-state index contributed by atoms with van der Waals surface area (Å²) in [6, 6.07) is 2.91. The van der Waals surface area contributed by atoms with Gasteiger partial charge in [0.2, 0.25) is 6.08 Å². The van der Waals surface area contributed by atoms with Gasteiger partial charge in [-0.1, -0.05) is 0 Å². The van der Waals surface area contributed by atoms with Gasteiger partial charge in [0.15, 0.2) is 11.6 Å². The molecule has 6 heteroatoms. The fourth-order valence-corrected chi connectivity index (χ4v) is 0.804. The number of alkyl halides is 2. The summed E-state index contributed by atoms with van der Waals surface area (Å²) < 4.78 is 40.1. The van der Waals surface area contributed by atoms with Crippen LogP contribution in [0, 0.1) is 5.82 Å². The van der Waals surface area contributed by atoms with Crippen molar-refractivity contribution in [2.45, 2.75) is 6.61 Å². The number of aliphatic imine (C=N–C) groups is 1. The van der Waals surface area contributed by atoms with Crippen LogP contribution in [0.2, 0.25) is 0 Å². The van der Waals surface area contributed by atoms with Crippen LogP contribution in [-0.4, -0.2) is 12.7 Å². The Kier molecular flexibility index (Phi) is 3.25. The molecule has 0 fully saturated rings. The van der Waals surface area contributed by atoms with E-state index in [0.29, 0.717) is 0 Å². The summed E-state index contributed by atoms with van der Waals surface area (Å²) in [6.45, 7) is -3.09. The zero-order chi connectivity index (χ0) is 10.6. The number of carbonyl (C=O) groups excluding carboxylic acids is 1. The molecule has 0 spiro atoms. The Labute approximate surface area is 76.8 Å². The van der Waals surface area contributed by atoms with Gasteiger partial charge in [-0.3, -0.25) is 0 Å². The fraction of sp³-hybridized carbons (Fsp3) is 0.125. The number of isocyanates is 1. The van der Waals surface area contributed by atoms with E-state index >= 15 is 0 Å². The predicted octanol–water partition coefficient (Wildman–Crippen LogP) is 2.39. The molecule has 1 rings (SSSR count). The molecule has 0 saturated heterocycles. The lowest BCUT2D eigenvalue weighted by molar-refractivity contribution is -0.0521. The molecule has 0 amide bonds. The van der Waals surface area contributed by atoms with E-state index in [1.165, 1.54) is 6.08 Å². The molecular weight excluding hydrogens is 199 g/mol. The van der Waals surface area contributed by atoms with Gasteiger partial charge in [-0.05, 0) is 12.1 Å². The first-order valence-electron chi connectivity index (χ1n) is 3.45. The van der Waals surface area contributed by atoms with Crippen molar-refractivity contribution in [2.75, 3.05) is 0 Å². The summed E-state index contributed by atoms with van der Waals surface area (Å²) in [7, 11) is 0. The van der Waals surface area contributed by atoms with Crippen LogP contribution < -0.4 is 4.74 Å². The second kappa shape index (κ2) is 4.43. The average molecular weight is 203 g/mol. The van der Waals surface area contributed by atoms with E-state index in [-0.39, 0.29) is 5.69 Å². The quantitative estimate of drug-likeness (QED) is 0.558. The van der Waals surface area contributed by atoms with Crippen molar-refractivity contribution in [1.82, 2.24) is 0 Å². The molecule has 3 nitrogen and oxygen atoms in total. The summed E-state index contributed by atoms with van der Waals surface area (Å²) in [5, 5.41) is 0. The van der Waals surface area contributed by atoms with Crippen LogP contribution in [-0.2, 0) is 4.79 Å². The maximum atomic E-state index is 12.9. The molecule has 1 aromatic carbocycles. The van der Waals surface area contributed by atoms with Gasteiger partial charge in [-0.2, -0.15) is 13.8 Å². The van der Waals surface area contributed by atoms with E-state index in [1.807, 2.05) is 0 Å². The monoisotopic (exact) mass is 203 g/mol. The summed E-state index contributed by atoms with van der Waals surface area (Å²) in [5.74, 6) is -1.60. The van der Waals surface area contributed by atoms with Crippen LogP contribution in [0.3, 0.4) is 0 Å². The first-order chi connectivity index (χ1) is 6.63. The van der Waals surface area contributed by atoms with Crippen LogP contribution >= 0.6 is 0 Å². The molecule has 0 atom stereocenters. The van der Waals surface area contributed by atoms with Crippen molar-refractivity contribution in [3.05, 3.63) is 24.0 Å². The highest BCUT2D eigenvalue weighted by Crippen LogP contribution is 2.23. The Bertz CT molecular complexity index is 375. The number of rotatable bonds is 3. The molecule has 0 aliphatic carbocycles. The van der Waals surface area contributed by atoms with E-state index in [2.05, 4.69) is 9.73 Å². The number of halogens is 3. The minimum absolute atomic E-state index is 0.0147. The van der Waals surface area contributed by atoms with E-state index < -0.39 is 18.2 Å². The smallest absolute Gasteiger partial charge is 0.387 e. The first kappa shape index (κ1) is 10.3. The molecular formula is C8H4F3NO2. The van der Waals surface area contributed by atoms with Gasteiger partial charge >= 0.3 is 6.61 Å². The van der Waals surface area contributed by atoms with Crippen molar-refractivity contribution < 1.29 is 22.7 Å². The number of hydrogen-bond donors (Lipinski definition) is 0. The lowest BCUT2D eigenvalue weighted by Gasteiger charge is -2.04. The number of nitrogens with zero attached hydrogens (tertiary/aromatic N) is 1. The third kappa shape index (κ3) is 2.60. The molecule has 74 valence electrons. The summed E-state index contributed by atoms with van der Waals surface area (Å²) in [6.07, 6.45) is 1.19. The largest absolute Gasteiger partial charge is 0.432 e. The molecule has 0 aliphatic heterocycles. The summed E-state index contributed by atoms with van der Waals surface area (Å²) in [5.41, 5.74) is -0.0147. The van der Waals surface area contributed by atoms with Crippen molar-refractivity contribution in [3.63, 3.8) is 0 Å². The minimum Gasteiger partial charge on any atom is -0.432 e. The lowest BCUT2D eigenvalue weighted by atomic mass is 10.3. The van der Waals surface area contributed by atoms with Crippen LogP contribution in [0.25, 0.3) is 0 Å².